The molecule has 0 aliphatic carbocycles. The second kappa shape index (κ2) is 9.98. The zero-order chi connectivity index (χ0) is 21.6. The molecule has 1 unspecified atom stereocenters. The van der Waals surface area contributed by atoms with Crippen molar-refractivity contribution in [1.29, 1.82) is 0 Å². The van der Waals surface area contributed by atoms with Gasteiger partial charge in [-0.1, -0.05) is 12.1 Å². The number of nitrogens with zero attached hydrogens (tertiary/aromatic N) is 1. The van der Waals surface area contributed by atoms with Gasteiger partial charge in [0, 0.05) is 24.5 Å². The largest absolute Gasteiger partial charge is 0.489 e. The minimum atomic E-state index is -0.463. The summed E-state index contributed by atoms with van der Waals surface area (Å²) in [4.78, 5) is 17.0. The molecule has 162 valence electrons. The van der Waals surface area contributed by atoms with Crippen LogP contribution in [0.1, 0.15) is 29.1 Å². The molecule has 1 aromatic heterocycles. The number of carbonyl (C=O) groups is 1. The third-order valence-electron chi connectivity index (χ3n) is 4.87. The molecule has 0 saturated carbocycles. The van der Waals surface area contributed by atoms with E-state index in [0.29, 0.717) is 24.5 Å². The monoisotopic (exact) mass is 444 g/mol. The molecule has 31 heavy (non-hydrogen) atoms. The number of carbonyl (C=O) groups excluding carboxylic acids is 1. The van der Waals surface area contributed by atoms with Crippen molar-refractivity contribution in [3.63, 3.8) is 0 Å². The van der Waals surface area contributed by atoms with Crippen LogP contribution in [0.25, 0.3) is 0 Å². The summed E-state index contributed by atoms with van der Waals surface area (Å²) >= 11 is 1.44. The van der Waals surface area contributed by atoms with Crippen molar-refractivity contribution < 1.29 is 23.0 Å². The Labute approximate surface area is 183 Å². The van der Waals surface area contributed by atoms with Crippen LogP contribution in [0.5, 0.6) is 5.75 Å². The van der Waals surface area contributed by atoms with Gasteiger partial charge in [-0.3, -0.25) is 4.79 Å². The Hall–Kier alpha value is -2.84. The first-order chi connectivity index (χ1) is 15.0. The molecule has 1 aliphatic rings. The number of nitrogens with one attached hydrogen (secondary N) is 1. The maximum absolute atomic E-state index is 13.7. The Kier molecular flexibility index (Phi) is 6.89. The summed E-state index contributed by atoms with van der Waals surface area (Å²) in [5, 5.41) is 5.37. The fourth-order valence-corrected chi connectivity index (χ4v) is 4.16. The molecule has 2 heterocycles. The summed E-state index contributed by atoms with van der Waals surface area (Å²) in [6.07, 6.45) is 2.56. The molecule has 8 heteroatoms. The number of benzene rings is 2. The standard InChI is InChI=1S/C23H22F2N2O3S/c24-16-5-3-15(4-6-16)10-23-26-18(14-31-23)12-22(28)27-20-11-17(25)7-8-21(20)30-13-19-2-1-9-29-19/h3-8,11,14,19H,1-2,9-10,12-13H2,(H,27,28). The molecule has 0 bridgehead atoms. The Bertz CT molecular complexity index is 1030. The van der Waals surface area contributed by atoms with E-state index >= 15 is 0 Å². The highest BCUT2D eigenvalue weighted by Crippen LogP contribution is 2.27. The average Bonchev–Trinajstić information content (AvgIpc) is 3.41. The number of thiazole rings is 1. The molecule has 1 aliphatic heterocycles. The van der Waals surface area contributed by atoms with E-state index in [1.165, 1.54) is 41.7 Å². The van der Waals surface area contributed by atoms with Crippen LogP contribution in [-0.4, -0.2) is 30.2 Å². The normalized spacial score (nSPS) is 15.7. The summed E-state index contributed by atoms with van der Waals surface area (Å²) in [6, 6.07) is 10.3. The van der Waals surface area contributed by atoms with Gasteiger partial charge < -0.3 is 14.8 Å². The maximum atomic E-state index is 13.7. The van der Waals surface area contributed by atoms with E-state index in [4.69, 9.17) is 9.47 Å². The highest BCUT2D eigenvalue weighted by Gasteiger charge is 2.18. The van der Waals surface area contributed by atoms with Crippen molar-refractivity contribution in [2.75, 3.05) is 18.5 Å². The average molecular weight is 445 g/mol. The molecule has 1 amide bonds. The Morgan fingerprint density at radius 1 is 1.19 bits per heavy atom. The fraction of sp³-hybridized carbons (Fsp3) is 0.304. The van der Waals surface area contributed by atoms with E-state index in [2.05, 4.69) is 10.3 Å². The van der Waals surface area contributed by atoms with Crippen molar-refractivity contribution in [1.82, 2.24) is 4.98 Å². The minimum absolute atomic E-state index is 0.0168. The molecule has 1 N–H and O–H groups in total. The van der Waals surface area contributed by atoms with E-state index in [1.54, 1.807) is 12.1 Å². The fourth-order valence-electron chi connectivity index (χ4n) is 3.33. The summed E-state index contributed by atoms with van der Waals surface area (Å²) in [5.74, 6) is -0.654. The maximum Gasteiger partial charge on any atom is 0.230 e. The first-order valence-electron chi connectivity index (χ1n) is 10.1. The van der Waals surface area contributed by atoms with Crippen LogP contribution in [0.3, 0.4) is 0 Å². The first kappa shape index (κ1) is 21.4. The van der Waals surface area contributed by atoms with Gasteiger partial charge >= 0.3 is 0 Å². The molecule has 0 radical (unpaired) electrons. The number of hydrogen-bond donors (Lipinski definition) is 1. The SMILES string of the molecule is O=C(Cc1csc(Cc2ccc(F)cc2)n1)Nc1cc(F)ccc1OCC1CCCO1. The molecule has 5 nitrogen and oxygen atoms in total. The molecule has 0 spiro atoms. The predicted molar refractivity (Wildman–Crippen MR) is 115 cm³/mol. The molecule has 2 aromatic carbocycles. The predicted octanol–water partition coefficient (Wildman–Crippen LogP) is 4.75. The lowest BCUT2D eigenvalue weighted by atomic mass is 10.1. The van der Waals surface area contributed by atoms with Gasteiger partial charge in [0.15, 0.2) is 0 Å². The zero-order valence-electron chi connectivity index (χ0n) is 16.8. The number of halogens is 2. The first-order valence-corrected chi connectivity index (χ1v) is 10.9. The Balaban J connectivity index is 1.35. The number of hydrogen-bond acceptors (Lipinski definition) is 5. The van der Waals surface area contributed by atoms with Crippen molar-refractivity contribution in [3.05, 3.63) is 75.7 Å². The minimum Gasteiger partial charge on any atom is -0.489 e. The van der Waals surface area contributed by atoms with Crippen molar-refractivity contribution in [3.8, 4) is 5.75 Å². The smallest absolute Gasteiger partial charge is 0.230 e. The van der Waals surface area contributed by atoms with Crippen molar-refractivity contribution in [2.45, 2.75) is 31.8 Å². The molecule has 3 aromatic rings. The van der Waals surface area contributed by atoms with Crippen LogP contribution < -0.4 is 10.1 Å². The number of aromatic nitrogens is 1. The summed E-state index contributed by atoms with van der Waals surface area (Å²) in [6.45, 7) is 1.07. The molecule has 1 saturated heterocycles. The van der Waals surface area contributed by atoms with Gasteiger partial charge in [-0.2, -0.15) is 0 Å². The van der Waals surface area contributed by atoms with E-state index in [-0.39, 0.29) is 29.9 Å². The quantitative estimate of drug-likeness (QED) is 0.545. The van der Waals surface area contributed by atoms with Gasteiger partial charge in [0.05, 0.1) is 28.9 Å². The van der Waals surface area contributed by atoms with Crippen LogP contribution in [0.4, 0.5) is 14.5 Å². The van der Waals surface area contributed by atoms with E-state index in [0.717, 1.165) is 30.0 Å². The lowest BCUT2D eigenvalue weighted by Gasteiger charge is -2.15. The van der Waals surface area contributed by atoms with Gasteiger partial charge in [0.25, 0.3) is 0 Å². The Morgan fingerprint density at radius 2 is 2.00 bits per heavy atom. The molecule has 1 atom stereocenters. The zero-order valence-corrected chi connectivity index (χ0v) is 17.6. The molecular weight excluding hydrogens is 422 g/mol. The molecule has 4 rings (SSSR count). The Morgan fingerprint density at radius 3 is 2.77 bits per heavy atom. The van der Waals surface area contributed by atoms with Crippen LogP contribution in [0.2, 0.25) is 0 Å². The van der Waals surface area contributed by atoms with Crippen LogP contribution in [0.15, 0.2) is 47.8 Å². The summed E-state index contributed by atoms with van der Waals surface area (Å²) in [7, 11) is 0. The van der Waals surface area contributed by atoms with Gasteiger partial charge in [0.2, 0.25) is 5.91 Å². The van der Waals surface area contributed by atoms with Crippen molar-refractivity contribution in [2.24, 2.45) is 0 Å². The highest BCUT2D eigenvalue weighted by atomic mass is 32.1. The topological polar surface area (TPSA) is 60.5 Å². The van der Waals surface area contributed by atoms with Crippen molar-refractivity contribution >= 4 is 22.9 Å². The van der Waals surface area contributed by atoms with E-state index in [9.17, 15) is 13.6 Å². The van der Waals surface area contributed by atoms with Gasteiger partial charge in [-0.05, 0) is 42.7 Å². The lowest BCUT2D eigenvalue weighted by Crippen LogP contribution is -2.19. The number of ether oxygens (including phenoxy) is 2. The second-order valence-corrected chi connectivity index (χ2v) is 8.29. The number of amides is 1. The highest BCUT2D eigenvalue weighted by molar-refractivity contribution is 7.09. The van der Waals surface area contributed by atoms with Gasteiger partial charge in [-0.15, -0.1) is 11.3 Å². The number of rotatable bonds is 8. The third-order valence-corrected chi connectivity index (χ3v) is 5.77. The van der Waals surface area contributed by atoms with Gasteiger partial charge in [0.1, 0.15) is 24.0 Å². The van der Waals surface area contributed by atoms with E-state index in [1.807, 2.05) is 5.38 Å². The number of anilines is 1. The van der Waals surface area contributed by atoms with Crippen LogP contribution in [0, 0.1) is 11.6 Å². The summed E-state index contributed by atoms with van der Waals surface area (Å²) < 4.78 is 38.1. The van der Waals surface area contributed by atoms with Gasteiger partial charge in [-0.25, -0.2) is 13.8 Å². The molecular formula is C23H22F2N2O3S. The molecule has 1 fully saturated rings. The van der Waals surface area contributed by atoms with E-state index < -0.39 is 5.82 Å². The van der Waals surface area contributed by atoms with Crippen LogP contribution in [-0.2, 0) is 22.4 Å². The summed E-state index contributed by atoms with van der Waals surface area (Å²) in [5.41, 5.74) is 1.85. The lowest BCUT2D eigenvalue weighted by molar-refractivity contribution is -0.115. The second-order valence-electron chi connectivity index (χ2n) is 7.35. The van der Waals surface area contributed by atoms with Crippen LogP contribution >= 0.6 is 11.3 Å². The third kappa shape index (κ3) is 6.08.